The van der Waals surface area contributed by atoms with Crippen LogP contribution in [0.25, 0.3) is 11.4 Å². The van der Waals surface area contributed by atoms with Gasteiger partial charge in [0, 0.05) is 68.8 Å². The van der Waals surface area contributed by atoms with Crippen molar-refractivity contribution < 1.29 is 23.4 Å². The van der Waals surface area contributed by atoms with Crippen LogP contribution >= 0.6 is 0 Å². The van der Waals surface area contributed by atoms with Crippen LogP contribution in [0.15, 0.2) is 71.8 Å². The highest BCUT2D eigenvalue weighted by Crippen LogP contribution is 2.30. The van der Waals surface area contributed by atoms with Gasteiger partial charge in [0.1, 0.15) is 41.9 Å². The lowest BCUT2D eigenvalue weighted by Gasteiger charge is -2.43. The highest BCUT2D eigenvalue weighted by molar-refractivity contribution is 5.65. The third-order valence-electron chi connectivity index (χ3n) is 8.82. The highest BCUT2D eigenvalue weighted by Gasteiger charge is 2.35. The number of ether oxygens (including phenoxy) is 2. The summed E-state index contributed by atoms with van der Waals surface area (Å²) >= 11 is 0. The number of aliphatic hydroxyl groups excluding tert-OH is 1. The lowest BCUT2D eigenvalue weighted by molar-refractivity contribution is -0.0660. The van der Waals surface area contributed by atoms with Gasteiger partial charge in [-0.15, -0.1) is 0 Å². The number of alkyl halides is 1. The van der Waals surface area contributed by atoms with Gasteiger partial charge >= 0.3 is 0 Å². The largest absolute Gasteiger partial charge is 0.486 e. The molecule has 238 valence electrons. The van der Waals surface area contributed by atoms with Gasteiger partial charge in [0.2, 0.25) is 0 Å². The van der Waals surface area contributed by atoms with Crippen LogP contribution in [-0.4, -0.2) is 101 Å². The van der Waals surface area contributed by atoms with E-state index in [1.165, 1.54) is 18.3 Å². The number of piperidine rings is 1. The molecule has 12 nitrogen and oxygen atoms in total. The number of aromatic nitrogens is 3. The Morgan fingerprint density at radius 1 is 1.04 bits per heavy atom. The van der Waals surface area contributed by atoms with E-state index in [4.69, 9.17) is 13.9 Å². The molecule has 46 heavy (non-hydrogen) atoms. The Morgan fingerprint density at radius 3 is 2.57 bits per heavy atom. The van der Waals surface area contributed by atoms with E-state index in [0.29, 0.717) is 41.9 Å². The third-order valence-corrected chi connectivity index (χ3v) is 8.82. The molecule has 3 aliphatic heterocycles. The van der Waals surface area contributed by atoms with E-state index < -0.39 is 18.5 Å². The first kappa shape index (κ1) is 30.1. The zero-order valence-electron chi connectivity index (χ0n) is 25.2. The fourth-order valence-electron chi connectivity index (χ4n) is 6.07. The normalized spacial score (nSPS) is 21.7. The smallest absolute Gasteiger partial charge is 0.180 e. The minimum Gasteiger partial charge on any atom is -0.486 e. The number of likely N-dealkylation sites (tertiary alicyclic amines) is 1. The molecular formula is C33H35FN8O4. The van der Waals surface area contributed by atoms with Crippen molar-refractivity contribution in [2.75, 3.05) is 62.7 Å². The number of anilines is 3. The van der Waals surface area contributed by atoms with Crippen molar-refractivity contribution in [1.82, 2.24) is 24.8 Å². The van der Waals surface area contributed by atoms with Gasteiger partial charge in [-0.2, -0.15) is 5.26 Å². The van der Waals surface area contributed by atoms with Crippen molar-refractivity contribution in [1.29, 1.82) is 5.26 Å². The SMILES string of the molecule is N#Cc1cc(-c2nccc(Nc3ccc(N4CCN(C5COC5)CC4)cc3)n2)ccc1O[C@H]1CCN(C(O)c2cocn2)C[C@H]1F. The second kappa shape index (κ2) is 13.4. The van der Waals surface area contributed by atoms with Gasteiger partial charge in [0.15, 0.2) is 18.4 Å². The van der Waals surface area contributed by atoms with Crippen molar-refractivity contribution in [2.45, 2.75) is 31.0 Å². The molecule has 1 unspecified atom stereocenters. The molecule has 0 bridgehead atoms. The predicted octanol–water partition coefficient (Wildman–Crippen LogP) is 3.75. The molecule has 2 aromatic carbocycles. The molecule has 4 aromatic rings. The molecule has 13 heteroatoms. The Labute approximate surface area is 266 Å². The topological polar surface area (TPSA) is 136 Å². The molecular weight excluding hydrogens is 591 g/mol. The van der Waals surface area contributed by atoms with Crippen molar-refractivity contribution in [2.24, 2.45) is 0 Å². The molecule has 7 rings (SSSR count). The summed E-state index contributed by atoms with van der Waals surface area (Å²) in [6.45, 7) is 6.14. The maximum Gasteiger partial charge on any atom is 0.180 e. The molecule has 3 fully saturated rings. The van der Waals surface area contributed by atoms with E-state index in [1.807, 2.05) is 12.1 Å². The Kier molecular flexibility index (Phi) is 8.76. The van der Waals surface area contributed by atoms with Crippen LogP contribution in [0.2, 0.25) is 0 Å². The molecule has 0 amide bonds. The van der Waals surface area contributed by atoms with Crippen LogP contribution < -0.4 is 15.0 Å². The molecule has 2 aromatic heterocycles. The first-order chi connectivity index (χ1) is 22.5. The molecule has 0 radical (unpaired) electrons. The van der Waals surface area contributed by atoms with Gasteiger partial charge in [-0.3, -0.25) is 9.80 Å². The lowest BCUT2D eigenvalue weighted by Crippen LogP contribution is -2.56. The number of nitriles is 1. The maximum absolute atomic E-state index is 15.1. The number of hydrogen-bond donors (Lipinski definition) is 2. The Bertz CT molecular complexity index is 1660. The molecule has 3 aliphatic rings. The summed E-state index contributed by atoms with van der Waals surface area (Å²) in [5.74, 6) is 1.35. The number of nitrogens with one attached hydrogen (secondary N) is 1. The monoisotopic (exact) mass is 626 g/mol. The minimum absolute atomic E-state index is 0.0391. The number of benzene rings is 2. The van der Waals surface area contributed by atoms with Gasteiger partial charge in [-0.25, -0.2) is 19.3 Å². The van der Waals surface area contributed by atoms with Crippen molar-refractivity contribution >= 4 is 17.2 Å². The number of aliphatic hydroxyl groups is 1. The van der Waals surface area contributed by atoms with Crippen LogP contribution in [0.5, 0.6) is 5.75 Å². The molecule has 3 atom stereocenters. The summed E-state index contributed by atoms with van der Waals surface area (Å²) in [6, 6.07) is 17.9. The zero-order valence-corrected chi connectivity index (χ0v) is 25.2. The van der Waals surface area contributed by atoms with Crippen molar-refractivity contribution in [3.05, 3.63) is 78.6 Å². The van der Waals surface area contributed by atoms with Crippen molar-refractivity contribution in [3.63, 3.8) is 0 Å². The number of piperazine rings is 1. The summed E-state index contributed by atoms with van der Waals surface area (Å²) in [7, 11) is 0. The third kappa shape index (κ3) is 6.52. The van der Waals surface area contributed by atoms with Crippen LogP contribution in [0, 0.1) is 11.3 Å². The highest BCUT2D eigenvalue weighted by atomic mass is 19.1. The summed E-state index contributed by atoms with van der Waals surface area (Å²) in [4.78, 5) is 19.5. The Hall–Kier alpha value is -4.61. The number of hydrogen-bond acceptors (Lipinski definition) is 12. The molecule has 0 spiro atoms. The van der Waals surface area contributed by atoms with Crippen LogP contribution in [0.4, 0.5) is 21.6 Å². The predicted molar refractivity (Wildman–Crippen MR) is 167 cm³/mol. The number of nitrogens with zero attached hydrogens (tertiary/aromatic N) is 7. The second-order valence-electron chi connectivity index (χ2n) is 11.7. The molecule has 0 saturated carbocycles. The number of oxazole rings is 1. The fraction of sp³-hybridized carbons (Fsp3) is 0.394. The van der Waals surface area contributed by atoms with Gasteiger partial charge in [-0.1, -0.05) is 0 Å². The number of rotatable bonds is 9. The minimum atomic E-state index is -1.38. The van der Waals surface area contributed by atoms with E-state index in [-0.39, 0.29) is 17.9 Å². The molecule has 5 heterocycles. The quantitative estimate of drug-likeness (QED) is 0.280. The van der Waals surface area contributed by atoms with Crippen molar-refractivity contribution in [3.8, 4) is 23.2 Å². The van der Waals surface area contributed by atoms with E-state index in [0.717, 1.165) is 45.1 Å². The van der Waals surface area contributed by atoms with Crippen LogP contribution in [-0.2, 0) is 4.74 Å². The van der Waals surface area contributed by atoms with Gasteiger partial charge in [0.05, 0.1) is 24.8 Å². The van der Waals surface area contributed by atoms with Gasteiger partial charge in [0.25, 0.3) is 0 Å². The molecule has 0 aliphatic carbocycles. The summed E-state index contributed by atoms with van der Waals surface area (Å²) in [6.07, 6.45) is 1.35. The van der Waals surface area contributed by atoms with Gasteiger partial charge < -0.3 is 29.2 Å². The van der Waals surface area contributed by atoms with E-state index in [9.17, 15) is 10.4 Å². The van der Waals surface area contributed by atoms with Gasteiger partial charge in [-0.05, 0) is 48.5 Å². The zero-order chi connectivity index (χ0) is 31.5. The van der Waals surface area contributed by atoms with Crippen LogP contribution in [0.1, 0.15) is 23.9 Å². The van der Waals surface area contributed by atoms with E-state index in [2.05, 4.69) is 48.3 Å². The average Bonchev–Trinajstić information content (AvgIpc) is 3.61. The van der Waals surface area contributed by atoms with E-state index >= 15 is 4.39 Å². The second-order valence-corrected chi connectivity index (χ2v) is 11.7. The Balaban J connectivity index is 0.966. The lowest BCUT2D eigenvalue weighted by atomic mass is 10.0. The molecule has 3 saturated heterocycles. The van der Waals surface area contributed by atoms with E-state index in [1.54, 1.807) is 35.4 Å². The summed E-state index contributed by atoms with van der Waals surface area (Å²) in [5.41, 5.74) is 3.32. The fourth-order valence-corrected chi connectivity index (χ4v) is 6.07. The molecule has 2 N–H and O–H groups in total. The average molecular weight is 627 g/mol. The van der Waals surface area contributed by atoms with Crippen LogP contribution in [0.3, 0.4) is 0 Å². The summed E-state index contributed by atoms with van der Waals surface area (Å²) < 4.78 is 31.4. The first-order valence-electron chi connectivity index (χ1n) is 15.5. The maximum atomic E-state index is 15.1. The first-order valence-corrected chi connectivity index (χ1v) is 15.5. The standard InChI is InChI=1S/C33H35FN8O4/c34-27-17-42(33(43)28-20-45-21-37-28)10-8-30(27)46-29-6-1-22(15-23(29)16-35)32-36-9-7-31(39-32)38-24-2-4-25(5-3-24)40-11-13-41(14-12-40)26-18-44-19-26/h1-7,9,15,20-21,26-27,30,33,43H,8,10-14,17-19H2,(H,36,38,39)/t27-,30+,33?/m1/s1. The summed E-state index contributed by atoms with van der Waals surface area (Å²) in [5, 5.41) is 23.7. The number of halogens is 1. The Morgan fingerprint density at radius 2 is 1.87 bits per heavy atom.